The number of nitrogens with zero attached hydrogens (tertiary/aromatic N) is 5. The Kier molecular flexibility index (Phi) is 2.83. The molecule has 0 amide bonds. The van der Waals surface area contributed by atoms with E-state index < -0.39 is 17.4 Å². The average molecular weight is 288 g/mol. The molecule has 0 fully saturated rings. The smallest absolute Gasteiger partial charge is 0.439 e. The third kappa shape index (κ3) is 2.29. The van der Waals surface area contributed by atoms with E-state index in [1.807, 2.05) is 0 Å². The number of rotatable bonds is 2. The predicted octanol–water partition coefficient (Wildman–Crippen LogP) is -0.00348. The van der Waals surface area contributed by atoms with Crippen molar-refractivity contribution in [3.8, 4) is 34.7 Å². The van der Waals surface area contributed by atoms with Gasteiger partial charge in [-0.15, -0.1) is 0 Å². The minimum Gasteiger partial charge on any atom is -0.502 e. The first-order valence-corrected chi connectivity index (χ1v) is 5.70. The Morgan fingerprint density at radius 2 is 2.00 bits per heavy atom. The van der Waals surface area contributed by atoms with Crippen LogP contribution < -0.4 is 5.76 Å². The normalized spacial score (nSPS) is 10.7. The van der Waals surface area contributed by atoms with Crippen LogP contribution in [0.25, 0.3) is 23.0 Å². The maximum Gasteiger partial charge on any atom is 0.439 e. The monoisotopic (exact) mass is 288 g/mol. The molecule has 0 radical (unpaired) electrons. The first kappa shape index (κ1) is 12.7. The van der Waals surface area contributed by atoms with Crippen molar-refractivity contribution in [2.75, 3.05) is 0 Å². The van der Waals surface area contributed by atoms with Gasteiger partial charge in [0.15, 0.2) is 11.5 Å². The fourth-order valence-corrected chi connectivity index (χ4v) is 1.56. The van der Waals surface area contributed by atoms with E-state index in [9.17, 15) is 15.0 Å². The van der Waals surface area contributed by atoms with Gasteiger partial charge in [0.2, 0.25) is 11.6 Å². The highest BCUT2D eigenvalue weighted by Gasteiger charge is 2.19. The molecular weight excluding hydrogens is 280 g/mol. The van der Waals surface area contributed by atoms with Crippen molar-refractivity contribution in [3.63, 3.8) is 0 Å². The molecule has 0 aliphatic carbocycles. The number of nitrogens with one attached hydrogen (secondary N) is 1. The Morgan fingerprint density at radius 3 is 2.62 bits per heavy atom. The Labute approximate surface area is 116 Å². The SMILES string of the molecule is Cc1cnc(-c2nc(O)c(O)c(-c3noc(=O)[nH]3)n2)cn1. The van der Waals surface area contributed by atoms with Crippen molar-refractivity contribution in [2.24, 2.45) is 0 Å². The van der Waals surface area contributed by atoms with Gasteiger partial charge in [-0.25, -0.2) is 14.8 Å². The van der Waals surface area contributed by atoms with Gasteiger partial charge in [-0.1, -0.05) is 5.16 Å². The van der Waals surface area contributed by atoms with Crippen LogP contribution in [0, 0.1) is 6.92 Å². The lowest BCUT2D eigenvalue weighted by atomic mass is 10.3. The molecule has 0 aliphatic rings. The molecule has 0 unspecified atom stereocenters. The van der Waals surface area contributed by atoms with Crippen molar-refractivity contribution >= 4 is 0 Å². The lowest BCUT2D eigenvalue weighted by molar-refractivity contribution is 0.382. The van der Waals surface area contributed by atoms with Crippen molar-refractivity contribution in [1.29, 1.82) is 0 Å². The van der Waals surface area contributed by atoms with Crippen molar-refractivity contribution in [2.45, 2.75) is 6.92 Å². The van der Waals surface area contributed by atoms with Crippen LogP contribution >= 0.6 is 0 Å². The van der Waals surface area contributed by atoms with Gasteiger partial charge in [0.25, 0.3) is 5.88 Å². The lowest BCUT2D eigenvalue weighted by Gasteiger charge is -2.05. The molecule has 0 aromatic carbocycles. The van der Waals surface area contributed by atoms with E-state index in [0.29, 0.717) is 5.69 Å². The van der Waals surface area contributed by atoms with Crippen LogP contribution in [-0.2, 0) is 0 Å². The molecule has 3 rings (SSSR count). The Balaban J connectivity index is 2.18. The summed E-state index contributed by atoms with van der Waals surface area (Å²) in [6.07, 6.45) is 2.91. The summed E-state index contributed by atoms with van der Waals surface area (Å²) >= 11 is 0. The summed E-state index contributed by atoms with van der Waals surface area (Å²) in [7, 11) is 0. The number of aromatic hydroxyl groups is 2. The van der Waals surface area contributed by atoms with Crippen LogP contribution in [0.5, 0.6) is 11.6 Å². The zero-order chi connectivity index (χ0) is 15.0. The Hall–Kier alpha value is -3.30. The molecule has 3 aromatic heterocycles. The molecule has 3 aromatic rings. The van der Waals surface area contributed by atoms with Crippen LogP contribution in [0.2, 0.25) is 0 Å². The third-order valence-electron chi connectivity index (χ3n) is 2.54. The second-order valence-corrected chi connectivity index (χ2v) is 4.05. The molecule has 0 saturated carbocycles. The van der Waals surface area contributed by atoms with E-state index in [-0.39, 0.29) is 23.0 Å². The molecule has 10 nitrogen and oxygen atoms in total. The highest BCUT2D eigenvalue weighted by Crippen LogP contribution is 2.32. The third-order valence-corrected chi connectivity index (χ3v) is 2.54. The summed E-state index contributed by atoms with van der Waals surface area (Å²) in [5, 5.41) is 22.8. The number of H-pyrrole nitrogens is 1. The van der Waals surface area contributed by atoms with Crippen LogP contribution in [0.15, 0.2) is 21.7 Å². The summed E-state index contributed by atoms with van der Waals surface area (Å²) in [4.78, 5) is 29.0. The summed E-state index contributed by atoms with van der Waals surface area (Å²) in [5.74, 6) is -2.27. The maximum absolute atomic E-state index is 11.0. The van der Waals surface area contributed by atoms with Gasteiger partial charge in [-0.05, 0) is 6.92 Å². The first-order valence-electron chi connectivity index (χ1n) is 5.70. The van der Waals surface area contributed by atoms with E-state index in [4.69, 9.17) is 0 Å². The highest BCUT2D eigenvalue weighted by atomic mass is 16.5. The fourth-order valence-electron chi connectivity index (χ4n) is 1.56. The topological polar surface area (TPSA) is 151 Å². The standard InChI is InChI=1S/C11H8N6O4/c1-4-2-13-5(3-12-4)8-14-6(7(18)10(19)15-8)9-16-11(20)21-17-9/h2-3,18H,1H3,(H,14,15,19)(H,16,17,20). The van der Waals surface area contributed by atoms with E-state index in [2.05, 4.69) is 34.6 Å². The van der Waals surface area contributed by atoms with E-state index in [1.165, 1.54) is 12.4 Å². The molecule has 106 valence electrons. The van der Waals surface area contributed by atoms with Crippen molar-refractivity contribution in [3.05, 3.63) is 28.6 Å². The molecule has 0 bridgehead atoms. The summed E-state index contributed by atoms with van der Waals surface area (Å²) in [6.45, 7) is 1.76. The molecule has 21 heavy (non-hydrogen) atoms. The largest absolute Gasteiger partial charge is 0.502 e. The molecular formula is C11H8N6O4. The average Bonchev–Trinajstić information content (AvgIpc) is 2.89. The zero-order valence-electron chi connectivity index (χ0n) is 10.6. The van der Waals surface area contributed by atoms with Gasteiger partial charge in [-0.3, -0.25) is 14.5 Å². The lowest BCUT2D eigenvalue weighted by Crippen LogP contribution is -1.99. The second-order valence-electron chi connectivity index (χ2n) is 4.05. The molecule has 3 heterocycles. The Bertz CT molecular complexity index is 854. The van der Waals surface area contributed by atoms with E-state index in [1.54, 1.807) is 6.92 Å². The Morgan fingerprint density at radius 1 is 1.19 bits per heavy atom. The second kappa shape index (κ2) is 4.67. The van der Waals surface area contributed by atoms with Gasteiger partial charge in [-0.2, -0.15) is 4.98 Å². The first-order chi connectivity index (χ1) is 10.0. The maximum atomic E-state index is 11.0. The van der Waals surface area contributed by atoms with Gasteiger partial charge in [0.1, 0.15) is 5.69 Å². The molecule has 0 saturated heterocycles. The van der Waals surface area contributed by atoms with Gasteiger partial charge in [0, 0.05) is 6.20 Å². The molecule has 3 N–H and O–H groups in total. The minimum atomic E-state index is -0.820. The predicted molar refractivity (Wildman–Crippen MR) is 67.2 cm³/mol. The van der Waals surface area contributed by atoms with Crippen LogP contribution in [0.1, 0.15) is 5.69 Å². The van der Waals surface area contributed by atoms with Crippen molar-refractivity contribution in [1.82, 2.24) is 30.1 Å². The molecule has 10 heteroatoms. The molecule has 0 aliphatic heterocycles. The fraction of sp³-hybridized carbons (Fsp3) is 0.0909. The van der Waals surface area contributed by atoms with Gasteiger partial charge < -0.3 is 10.2 Å². The van der Waals surface area contributed by atoms with Crippen LogP contribution in [0.3, 0.4) is 0 Å². The van der Waals surface area contributed by atoms with Crippen LogP contribution in [-0.4, -0.2) is 40.3 Å². The molecule has 0 spiro atoms. The summed E-state index contributed by atoms with van der Waals surface area (Å²) in [6, 6.07) is 0. The number of aromatic nitrogens is 6. The van der Waals surface area contributed by atoms with Gasteiger partial charge >= 0.3 is 5.76 Å². The van der Waals surface area contributed by atoms with E-state index >= 15 is 0 Å². The number of aromatic amines is 1. The zero-order valence-corrected chi connectivity index (χ0v) is 10.6. The summed E-state index contributed by atoms with van der Waals surface area (Å²) in [5.41, 5.74) is 0.788. The summed E-state index contributed by atoms with van der Waals surface area (Å²) < 4.78 is 4.33. The quantitative estimate of drug-likeness (QED) is 0.591. The van der Waals surface area contributed by atoms with Gasteiger partial charge in [0.05, 0.1) is 11.9 Å². The minimum absolute atomic E-state index is 0.0108. The van der Waals surface area contributed by atoms with Crippen LogP contribution in [0.4, 0.5) is 0 Å². The van der Waals surface area contributed by atoms with Crippen molar-refractivity contribution < 1.29 is 14.7 Å². The number of hydrogen-bond acceptors (Lipinski definition) is 9. The number of aryl methyl sites for hydroxylation is 1. The molecule has 0 atom stereocenters. The highest BCUT2D eigenvalue weighted by molar-refractivity contribution is 5.65. The number of hydrogen-bond donors (Lipinski definition) is 3. The van der Waals surface area contributed by atoms with E-state index in [0.717, 1.165) is 0 Å².